The van der Waals surface area contributed by atoms with E-state index in [0.29, 0.717) is 12.5 Å². The Balaban J connectivity index is 2.50. The van der Waals surface area contributed by atoms with Gasteiger partial charge in [0.05, 0.1) is 10.6 Å². The predicted octanol–water partition coefficient (Wildman–Crippen LogP) is 2.51. The Morgan fingerprint density at radius 1 is 1.33 bits per heavy atom. The fraction of sp³-hybridized carbons (Fsp3) is 0.462. The van der Waals surface area contributed by atoms with Crippen molar-refractivity contribution in [2.45, 2.75) is 31.2 Å². The van der Waals surface area contributed by atoms with Crippen molar-refractivity contribution >= 4 is 39.1 Å². The lowest BCUT2D eigenvalue weighted by Gasteiger charge is -2.22. The van der Waals surface area contributed by atoms with Crippen LogP contribution in [0.5, 0.6) is 0 Å². The van der Waals surface area contributed by atoms with Gasteiger partial charge in [0, 0.05) is 17.6 Å². The Kier molecular flexibility index (Phi) is 4.54. The highest BCUT2D eigenvalue weighted by atomic mass is 35.5. The Morgan fingerprint density at radius 3 is 2.43 bits per heavy atom. The van der Waals surface area contributed by atoms with Crippen LogP contribution in [0.3, 0.4) is 0 Å². The normalized spacial score (nSPS) is 22.6. The van der Waals surface area contributed by atoms with Crippen molar-refractivity contribution < 1.29 is 13.2 Å². The molecule has 1 amide bonds. The molecule has 1 aliphatic heterocycles. The number of primary sulfonamides is 1. The van der Waals surface area contributed by atoms with E-state index in [1.165, 1.54) is 6.07 Å². The van der Waals surface area contributed by atoms with E-state index in [0.717, 1.165) is 12.5 Å². The van der Waals surface area contributed by atoms with E-state index in [1.807, 2.05) is 6.92 Å². The molecule has 1 aliphatic rings. The molecule has 1 saturated heterocycles. The van der Waals surface area contributed by atoms with Crippen LogP contribution in [0.25, 0.3) is 0 Å². The third kappa shape index (κ3) is 3.34. The maximum atomic E-state index is 12.6. The Morgan fingerprint density at radius 2 is 1.95 bits per heavy atom. The van der Waals surface area contributed by atoms with Gasteiger partial charge in [-0.25, -0.2) is 13.6 Å². The average Bonchev–Trinajstić information content (AvgIpc) is 2.68. The van der Waals surface area contributed by atoms with Crippen LogP contribution in [-0.2, 0) is 10.0 Å². The number of benzene rings is 1. The molecular formula is C13H16Cl2N2O3S. The third-order valence-electron chi connectivity index (χ3n) is 3.59. The second kappa shape index (κ2) is 5.76. The molecule has 116 valence electrons. The van der Waals surface area contributed by atoms with Crippen LogP contribution < -0.4 is 5.14 Å². The molecule has 8 heteroatoms. The van der Waals surface area contributed by atoms with Crippen LogP contribution >= 0.6 is 23.2 Å². The van der Waals surface area contributed by atoms with Gasteiger partial charge in [-0.1, -0.05) is 30.1 Å². The van der Waals surface area contributed by atoms with Gasteiger partial charge >= 0.3 is 0 Å². The third-order valence-corrected chi connectivity index (χ3v) is 5.26. The van der Waals surface area contributed by atoms with Gasteiger partial charge in [0.25, 0.3) is 5.91 Å². The molecule has 0 aliphatic carbocycles. The van der Waals surface area contributed by atoms with Gasteiger partial charge < -0.3 is 4.90 Å². The number of amides is 1. The fourth-order valence-electron chi connectivity index (χ4n) is 2.66. The molecule has 0 spiro atoms. The SMILES string of the molecule is CC1CC(C)N(C(=O)c2cc(Cl)cc(S(N)(=O)=O)c2Cl)C1. The number of likely N-dealkylation sites (tertiary alicyclic amines) is 1. The van der Waals surface area contributed by atoms with Crippen LogP contribution in [0.2, 0.25) is 10.0 Å². The summed E-state index contributed by atoms with van der Waals surface area (Å²) in [6, 6.07) is 2.59. The summed E-state index contributed by atoms with van der Waals surface area (Å²) in [7, 11) is -4.05. The second-order valence-corrected chi connectivity index (χ2v) is 7.80. The Hall–Kier alpha value is -0.820. The topological polar surface area (TPSA) is 80.5 Å². The Bertz CT molecular complexity index is 691. The summed E-state index contributed by atoms with van der Waals surface area (Å²) in [6.07, 6.45) is 0.895. The second-order valence-electron chi connectivity index (χ2n) is 5.46. The number of sulfonamides is 1. The molecule has 1 fully saturated rings. The van der Waals surface area contributed by atoms with Crippen molar-refractivity contribution in [2.75, 3.05) is 6.54 Å². The molecule has 0 aromatic heterocycles. The summed E-state index contributed by atoms with van der Waals surface area (Å²) in [5.41, 5.74) is 0.0640. The van der Waals surface area contributed by atoms with E-state index in [1.54, 1.807) is 4.90 Å². The molecule has 1 aromatic rings. The van der Waals surface area contributed by atoms with Crippen molar-refractivity contribution in [3.63, 3.8) is 0 Å². The number of nitrogens with two attached hydrogens (primary N) is 1. The van der Waals surface area contributed by atoms with Crippen molar-refractivity contribution in [1.29, 1.82) is 0 Å². The first kappa shape index (κ1) is 16.5. The van der Waals surface area contributed by atoms with E-state index >= 15 is 0 Å². The first-order valence-electron chi connectivity index (χ1n) is 6.44. The molecule has 5 nitrogen and oxygen atoms in total. The average molecular weight is 351 g/mol. The van der Waals surface area contributed by atoms with Crippen LogP contribution in [0.1, 0.15) is 30.6 Å². The summed E-state index contributed by atoms with van der Waals surface area (Å²) < 4.78 is 23.1. The first-order valence-corrected chi connectivity index (χ1v) is 8.74. The lowest BCUT2D eigenvalue weighted by atomic mass is 10.1. The van der Waals surface area contributed by atoms with Crippen molar-refractivity contribution in [3.05, 3.63) is 27.7 Å². The smallest absolute Gasteiger partial charge is 0.255 e. The lowest BCUT2D eigenvalue weighted by Crippen LogP contribution is -2.34. The lowest BCUT2D eigenvalue weighted by molar-refractivity contribution is 0.0743. The van der Waals surface area contributed by atoms with E-state index in [-0.39, 0.29) is 32.5 Å². The highest BCUT2D eigenvalue weighted by Crippen LogP contribution is 2.32. The molecule has 2 rings (SSSR count). The summed E-state index contributed by atoms with van der Waals surface area (Å²) in [6.45, 7) is 4.60. The van der Waals surface area contributed by atoms with Crippen LogP contribution in [0.15, 0.2) is 17.0 Å². The zero-order valence-electron chi connectivity index (χ0n) is 11.6. The minimum absolute atomic E-state index is 0.0640. The molecule has 0 saturated carbocycles. The van der Waals surface area contributed by atoms with E-state index in [9.17, 15) is 13.2 Å². The number of hydrogen-bond acceptors (Lipinski definition) is 3. The number of nitrogens with zero attached hydrogens (tertiary/aromatic N) is 1. The van der Waals surface area contributed by atoms with Crippen molar-refractivity contribution in [3.8, 4) is 0 Å². The highest BCUT2D eigenvalue weighted by Gasteiger charge is 2.32. The van der Waals surface area contributed by atoms with Gasteiger partial charge in [-0.2, -0.15) is 0 Å². The van der Waals surface area contributed by atoms with Gasteiger partial charge in [0.15, 0.2) is 0 Å². The number of hydrogen-bond donors (Lipinski definition) is 1. The number of rotatable bonds is 2. The molecule has 2 atom stereocenters. The van der Waals surface area contributed by atoms with Crippen molar-refractivity contribution in [1.82, 2.24) is 4.90 Å². The van der Waals surface area contributed by atoms with Gasteiger partial charge in [0.2, 0.25) is 10.0 Å². The van der Waals surface area contributed by atoms with Crippen LogP contribution in [0, 0.1) is 5.92 Å². The zero-order valence-corrected chi connectivity index (χ0v) is 14.0. The van der Waals surface area contributed by atoms with Gasteiger partial charge in [-0.15, -0.1) is 0 Å². The van der Waals surface area contributed by atoms with E-state index in [4.69, 9.17) is 28.3 Å². The molecule has 2 unspecified atom stereocenters. The molecular weight excluding hydrogens is 335 g/mol. The van der Waals surface area contributed by atoms with Crippen LogP contribution in [0.4, 0.5) is 0 Å². The van der Waals surface area contributed by atoms with Crippen molar-refractivity contribution in [2.24, 2.45) is 11.1 Å². The standard InChI is InChI=1S/C13H16Cl2N2O3S/c1-7-3-8(2)17(6-7)13(18)10-4-9(14)5-11(12(10)15)21(16,19)20/h4-5,7-8H,3,6H2,1-2H3,(H2,16,19,20). The Labute approximate surface area is 134 Å². The summed E-state index contributed by atoms with van der Waals surface area (Å²) in [4.78, 5) is 13.9. The summed E-state index contributed by atoms with van der Waals surface area (Å²) in [5, 5.41) is 5.02. The fourth-order valence-corrected chi connectivity index (χ4v) is 4.11. The minimum Gasteiger partial charge on any atom is -0.336 e. The van der Waals surface area contributed by atoms with E-state index < -0.39 is 10.0 Å². The predicted molar refractivity (Wildman–Crippen MR) is 82.1 cm³/mol. The van der Waals surface area contributed by atoms with Gasteiger partial charge in [-0.3, -0.25) is 4.79 Å². The molecule has 21 heavy (non-hydrogen) atoms. The van der Waals surface area contributed by atoms with E-state index in [2.05, 4.69) is 6.92 Å². The minimum atomic E-state index is -4.05. The highest BCUT2D eigenvalue weighted by molar-refractivity contribution is 7.89. The number of carbonyl (C=O) groups excluding carboxylic acids is 1. The monoisotopic (exact) mass is 350 g/mol. The molecule has 1 heterocycles. The number of halogens is 2. The maximum Gasteiger partial charge on any atom is 0.255 e. The maximum absolute atomic E-state index is 12.6. The van der Waals surface area contributed by atoms with Gasteiger partial charge in [0.1, 0.15) is 4.90 Å². The molecule has 0 bridgehead atoms. The molecule has 1 aromatic carbocycles. The van der Waals surface area contributed by atoms with Crippen LogP contribution in [-0.4, -0.2) is 31.8 Å². The first-order chi connectivity index (χ1) is 9.61. The molecule has 2 N–H and O–H groups in total. The van der Waals surface area contributed by atoms with Gasteiger partial charge in [-0.05, 0) is 31.4 Å². The zero-order chi connectivity index (χ0) is 15.9. The molecule has 0 radical (unpaired) electrons. The summed E-state index contributed by atoms with van der Waals surface area (Å²) >= 11 is 12.0. The number of carbonyl (C=O) groups is 1. The summed E-state index contributed by atoms with van der Waals surface area (Å²) in [5.74, 6) is 0.0591. The largest absolute Gasteiger partial charge is 0.336 e. The quantitative estimate of drug-likeness (QED) is 0.889.